The van der Waals surface area contributed by atoms with E-state index in [1.807, 2.05) is 22.9 Å². The summed E-state index contributed by atoms with van der Waals surface area (Å²) in [5.41, 5.74) is 1.07. The topological polar surface area (TPSA) is 27.1 Å². The average Bonchev–Trinajstić information content (AvgIpc) is 3.16. The molecule has 0 bridgehead atoms. The van der Waals surface area contributed by atoms with Gasteiger partial charge >= 0.3 is 0 Å². The molecule has 0 saturated heterocycles. The van der Waals surface area contributed by atoms with Crippen LogP contribution in [0.2, 0.25) is 0 Å². The zero-order valence-corrected chi connectivity index (χ0v) is 13.5. The van der Waals surface area contributed by atoms with Gasteiger partial charge < -0.3 is 9.30 Å². The van der Waals surface area contributed by atoms with Gasteiger partial charge in [0.25, 0.3) is 0 Å². The largest absolute Gasteiger partial charge is 0.484 e. The van der Waals surface area contributed by atoms with Crippen LogP contribution in [0.15, 0.2) is 85.5 Å². The normalized spacial score (nSPS) is 12.2. The lowest BCUT2D eigenvalue weighted by Crippen LogP contribution is -2.14. The fourth-order valence-electron chi connectivity index (χ4n) is 2.88. The molecule has 124 valence electrons. The Balaban J connectivity index is 1.68. The van der Waals surface area contributed by atoms with Gasteiger partial charge in [-0.15, -0.1) is 0 Å². The fourth-order valence-corrected chi connectivity index (χ4v) is 2.88. The molecule has 25 heavy (non-hydrogen) atoms. The van der Waals surface area contributed by atoms with E-state index in [0.29, 0.717) is 12.3 Å². The second-order valence-corrected chi connectivity index (χ2v) is 5.93. The number of fused-ring (bicyclic) bond motifs is 1. The molecule has 0 fully saturated rings. The number of hydrogen-bond acceptors (Lipinski definition) is 2. The van der Waals surface area contributed by atoms with Crippen LogP contribution in [-0.2, 0) is 6.54 Å². The van der Waals surface area contributed by atoms with E-state index in [0.717, 1.165) is 5.56 Å². The van der Waals surface area contributed by atoms with Crippen LogP contribution >= 0.6 is 0 Å². The number of ether oxygens (including phenoxy) is 1. The Labute approximate surface area is 145 Å². The van der Waals surface area contributed by atoms with Crippen LogP contribution < -0.4 is 4.74 Å². The molecule has 1 heterocycles. The van der Waals surface area contributed by atoms with E-state index in [-0.39, 0.29) is 11.9 Å². The summed E-state index contributed by atoms with van der Waals surface area (Å²) in [5.74, 6) is 0.365. The third kappa shape index (κ3) is 3.53. The molecule has 4 rings (SSSR count). The van der Waals surface area contributed by atoms with Crippen molar-refractivity contribution < 1.29 is 9.13 Å². The molecule has 0 radical (unpaired) electrons. The molecular weight excluding hydrogens is 315 g/mol. The Morgan fingerprint density at radius 2 is 1.76 bits per heavy atom. The Hall–Kier alpha value is -3.14. The molecule has 4 aromatic rings. The SMILES string of the molecule is Fc1ccc(OC(Cn2ccnc2)c2ccc3ccccc3c2)cc1. The van der Waals surface area contributed by atoms with E-state index < -0.39 is 0 Å². The summed E-state index contributed by atoms with van der Waals surface area (Å²) < 4.78 is 21.3. The highest BCUT2D eigenvalue weighted by molar-refractivity contribution is 5.83. The first kappa shape index (κ1) is 15.4. The predicted molar refractivity (Wildman–Crippen MR) is 95.9 cm³/mol. The number of aromatic nitrogens is 2. The molecular formula is C21H17FN2O. The Morgan fingerprint density at radius 3 is 2.52 bits per heavy atom. The third-order valence-corrected chi connectivity index (χ3v) is 4.17. The molecule has 3 aromatic carbocycles. The first-order valence-electron chi connectivity index (χ1n) is 8.14. The van der Waals surface area contributed by atoms with Gasteiger partial charge in [-0.1, -0.05) is 36.4 Å². The van der Waals surface area contributed by atoms with Crippen molar-refractivity contribution >= 4 is 10.8 Å². The molecule has 0 aliphatic carbocycles. The molecule has 0 aliphatic rings. The minimum absolute atomic E-state index is 0.204. The van der Waals surface area contributed by atoms with Crippen LogP contribution in [0.1, 0.15) is 11.7 Å². The maximum Gasteiger partial charge on any atom is 0.142 e. The predicted octanol–water partition coefficient (Wildman–Crippen LogP) is 5.00. The van der Waals surface area contributed by atoms with Crippen molar-refractivity contribution in [1.82, 2.24) is 9.55 Å². The number of rotatable bonds is 5. The molecule has 0 aliphatic heterocycles. The molecule has 4 heteroatoms. The highest BCUT2D eigenvalue weighted by atomic mass is 19.1. The van der Waals surface area contributed by atoms with Gasteiger partial charge in [-0.2, -0.15) is 0 Å². The van der Waals surface area contributed by atoms with Gasteiger partial charge in [0.1, 0.15) is 17.7 Å². The standard InChI is InChI=1S/C21H17FN2O/c22-19-7-9-20(10-8-19)25-21(14-24-12-11-23-15-24)18-6-5-16-3-1-2-4-17(16)13-18/h1-13,15,21H,14H2. The zero-order valence-electron chi connectivity index (χ0n) is 13.5. The number of hydrogen-bond donors (Lipinski definition) is 0. The third-order valence-electron chi connectivity index (χ3n) is 4.17. The van der Waals surface area contributed by atoms with Crippen LogP contribution in [0.5, 0.6) is 5.75 Å². The lowest BCUT2D eigenvalue weighted by atomic mass is 10.0. The van der Waals surface area contributed by atoms with Crippen molar-refractivity contribution in [2.75, 3.05) is 0 Å². The summed E-state index contributed by atoms with van der Waals surface area (Å²) >= 11 is 0. The van der Waals surface area contributed by atoms with Crippen LogP contribution in [0, 0.1) is 5.82 Å². The Kier molecular flexibility index (Phi) is 4.17. The van der Waals surface area contributed by atoms with Crippen molar-refractivity contribution in [3.8, 4) is 5.75 Å². The van der Waals surface area contributed by atoms with Gasteiger partial charge in [-0.05, 0) is 46.7 Å². The quantitative estimate of drug-likeness (QED) is 0.514. The first-order valence-corrected chi connectivity index (χ1v) is 8.14. The van der Waals surface area contributed by atoms with Gasteiger partial charge in [-0.3, -0.25) is 0 Å². The second kappa shape index (κ2) is 6.77. The van der Waals surface area contributed by atoms with Crippen molar-refractivity contribution in [3.05, 3.63) is 96.8 Å². The van der Waals surface area contributed by atoms with Gasteiger partial charge in [0.15, 0.2) is 0 Å². The van der Waals surface area contributed by atoms with Crippen LogP contribution in [-0.4, -0.2) is 9.55 Å². The van der Waals surface area contributed by atoms with Crippen molar-refractivity contribution in [2.45, 2.75) is 12.6 Å². The number of benzene rings is 3. The molecule has 3 nitrogen and oxygen atoms in total. The summed E-state index contributed by atoms with van der Waals surface area (Å²) in [6, 6.07) is 20.7. The van der Waals surface area contributed by atoms with Gasteiger partial charge in [-0.25, -0.2) is 9.37 Å². The average molecular weight is 332 g/mol. The molecule has 1 aromatic heterocycles. The number of nitrogens with zero attached hydrogens (tertiary/aromatic N) is 2. The monoisotopic (exact) mass is 332 g/mol. The van der Waals surface area contributed by atoms with Crippen LogP contribution in [0.25, 0.3) is 10.8 Å². The van der Waals surface area contributed by atoms with Crippen molar-refractivity contribution in [2.24, 2.45) is 0 Å². The number of halogens is 1. The van der Waals surface area contributed by atoms with E-state index >= 15 is 0 Å². The highest BCUT2D eigenvalue weighted by Crippen LogP contribution is 2.27. The summed E-state index contributed by atoms with van der Waals surface area (Å²) in [5, 5.41) is 2.35. The van der Waals surface area contributed by atoms with Crippen molar-refractivity contribution in [1.29, 1.82) is 0 Å². The maximum atomic E-state index is 13.2. The summed E-state index contributed by atoms with van der Waals surface area (Å²) in [6.45, 7) is 0.621. The van der Waals surface area contributed by atoms with Crippen LogP contribution in [0.4, 0.5) is 4.39 Å². The molecule has 0 N–H and O–H groups in total. The van der Waals surface area contributed by atoms with Gasteiger partial charge in [0, 0.05) is 12.4 Å². The Morgan fingerprint density at radius 1 is 0.960 bits per heavy atom. The van der Waals surface area contributed by atoms with E-state index in [9.17, 15) is 4.39 Å². The Bertz CT molecular complexity index is 965. The molecule has 0 amide bonds. The molecule has 0 spiro atoms. The first-order chi connectivity index (χ1) is 12.3. The fraction of sp³-hybridized carbons (Fsp3) is 0.0952. The second-order valence-electron chi connectivity index (χ2n) is 5.93. The number of imidazole rings is 1. The van der Waals surface area contributed by atoms with Crippen molar-refractivity contribution in [3.63, 3.8) is 0 Å². The van der Waals surface area contributed by atoms with Gasteiger partial charge in [0.05, 0.1) is 12.9 Å². The van der Waals surface area contributed by atoms with Crippen LogP contribution in [0.3, 0.4) is 0 Å². The van der Waals surface area contributed by atoms with E-state index in [2.05, 4.69) is 35.3 Å². The zero-order chi connectivity index (χ0) is 17.1. The van der Waals surface area contributed by atoms with E-state index in [4.69, 9.17) is 4.74 Å². The van der Waals surface area contributed by atoms with E-state index in [1.54, 1.807) is 24.7 Å². The summed E-state index contributed by atoms with van der Waals surface area (Å²) in [4.78, 5) is 4.10. The smallest absolute Gasteiger partial charge is 0.142 e. The molecule has 1 atom stereocenters. The molecule has 1 unspecified atom stereocenters. The summed E-state index contributed by atoms with van der Waals surface area (Å²) in [7, 11) is 0. The summed E-state index contributed by atoms with van der Waals surface area (Å²) in [6.07, 6.45) is 5.21. The van der Waals surface area contributed by atoms with E-state index in [1.165, 1.54) is 22.9 Å². The lowest BCUT2D eigenvalue weighted by Gasteiger charge is -2.20. The van der Waals surface area contributed by atoms with Gasteiger partial charge in [0.2, 0.25) is 0 Å². The maximum absolute atomic E-state index is 13.2. The lowest BCUT2D eigenvalue weighted by molar-refractivity contribution is 0.183. The minimum atomic E-state index is -0.274. The molecule has 0 saturated carbocycles. The highest BCUT2D eigenvalue weighted by Gasteiger charge is 2.15. The minimum Gasteiger partial charge on any atom is -0.484 e.